The number of carbonyl (C=O) groups excluding carboxylic acids is 1. The Balaban J connectivity index is 2.26. The van der Waals surface area contributed by atoms with Gasteiger partial charge in [0, 0.05) is 37.8 Å². The third-order valence-corrected chi connectivity index (χ3v) is 4.65. The molecular weight excluding hydrogens is 324 g/mol. The maximum Gasteiger partial charge on any atom is 0.253 e. The molecule has 1 aromatic heterocycles. The Kier molecular flexibility index (Phi) is 4.83. The Labute approximate surface area is 134 Å². The van der Waals surface area contributed by atoms with Crippen molar-refractivity contribution in [3.8, 4) is 0 Å². The fourth-order valence-corrected chi connectivity index (χ4v) is 3.28. The number of carbonyl (C=O) groups is 1. The summed E-state index contributed by atoms with van der Waals surface area (Å²) < 4.78 is 23.3. The van der Waals surface area contributed by atoms with Crippen LogP contribution in [0.5, 0.6) is 0 Å². The topological polar surface area (TPSA) is 67.3 Å². The fraction of sp³-hybridized carbons (Fsp3) is 0.200. The molecule has 0 bridgehead atoms. The van der Waals surface area contributed by atoms with Crippen molar-refractivity contribution in [2.24, 2.45) is 0 Å². The van der Waals surface area contributed by atoms with E-state index in [9.17, 15) is 13.2 Å². The number of pyridine rings is 1. The van der Waals surface area contributed by atoms with Gasteiger partial charge in [-0.2, -0.15) is 0 Å². The summed E-state index contributed by atoms with van der Waals surface area (Å²) in [5.41, 5.74) is 1.16. The largest absolute Gasteiger partial charge is 0.337 e. The average Bonchev–Trinajstić information content (AvgIpc) is 2.47. The second-order valence-corrected chi connectivity index (χ2v) is 7.33. The van der Waals surface area contributed by atoms with Gasteiger partial charge in [0.15, 0.2) is 9.84 Å². The standard InChI is InChI=1S/C15H15ClN2O3S/c1-18(10-11-4-3-7-17-9-11)15(19)12-5-6-13(16)14(8-12)22(2,20)21/h3-9H,10H2,1-2H3. The molecule has 7 heteroatoms. The first kappa shape index (κ1) is 16.5. The first-order valence-corrected chi connectivity index (χ1v) is 8.70. The van der Waals surface area contributed by atoms with Crippen LogP contribution in [-0.4, -0.2) is 37.5 Å². The maximum atomic E-state index is 12.4. The summed E-state index contributed by atoms with van der Waals surface area (Å²) >= 11 is 5.88. The zero-order valence-corrected chi connectivity index (χ0v) is 13.7. The monoisotopic (exact) mass is 338 g/mol. The molecule has 116 valence electrons. The predicted octanol–water partition coefficient (Wildman–Crippen LogP) is 2.41. The summed E-state index contributed by atoms with van der Waals surface area (Å²) in [5.74, 6) is -0.287. The van der Waals surface area contributed by atoms with Gasteiger partial charge in [0.05, 0.1) is 9.92 Å². The minimum absolute atomic E-state index is 0.0465. The highest BCUT2D eigenvalue weighted by molar-refractivity contribution is 7.90. The summed E-state index contributed by atoms with van der Waals surface area (Å²) in [6.45, 7) is 0.378. The van der Waals surface area contributed by atoms with E-state index in [1.165, 1.54) is 23.1 Å². The highest BCUT2D eigenvalue weighted by Crippen LogP contribution is 2.23. The van der Waals surface area contributed by atoms with Gasteiger partial charge < -0.3 is 4.90 Å². The van der Waals surface area contributed by atoms with Crippen LogP contribution >= 0.6 is 11.6 Å². The molecule has 22 heavy (non-hydrogen) atoms. The van der Waals surface area contributed by atoms with Gasteiger partial charge in [0.25, 0.3) is 5.91 Å². The molecule has 0 atom stereocenters. The third kappa shape index (κ3) is 3.84. The van der Waals surface area contributed by atoms with Crippen LogP contribution in [-0.2, 0) is 16.4 Å². The van der Waals surface area contributed by atoms with Crippen molar-refractivity contribution < 1.29 is 13.2 Å². The molecule has 1 amide bonds. The molecule has 0 saturated carbocycles. The lowest BCUT2D eigenvalue weighted by molar-refractivity contribution is 0.0784. The van der Waals surface area contributed by atoms with Crippen molar-refractivity contribution >= 4 is 27.3 Å². The molecule has 2 aromatic rings. The Morgan fingerprint density at radius 2 is 2.05 bits per heavy atom. The second kappa shape index (κ2) is 6.46. The molecule has 0 fully saturated rings. The summed E-state index contributed by atoms with van der Waals surface area (Å²) in [6, 6.07) is 7.89. The van der Waals surface area contributed by atoms with Gasteiger partial charge in [-0.25, -0.2) is 8.42 Å². The molecular formula is C15H15ClN2O3S. The van der Waals surface area contributed by atoms with Gasteiger partial charge in [-0.1, -0.05) is 17.7 Å². The molecule has 0 unspecified atom stereocenters. The van der Waals surface area contributed by atoms with Crippen molar-refractivity contribution in [1.29, 1.82) is 0 Å². The van der Waals surface area contributed by atoms with Crippen LogP contribution in [0.3, 0.4) is 0 Å². The number of benzene rings is 1. The minimum atomic E-state index is -3.49. The van der Waals surface area contributed by atoms with Gasteiger partial charge in [-0.15, -0.1) is 0 Å². The van der Waals surface area contributed by atoms with Crippen LogP contribution in [0.1, 0.15) is 15.9 Å². The molecule has 0 aliphatic heterocycles. The lowest BCUT2D eigenvalue weighted by atomic mass is 10.2. The summed E-state index contributed by atoms with van der Waals surface area (Å²) in [7, 11) is -1.84. The Hall–Kier alpha value is -1.92. The van der Waals surface area contributed by atoms with Gasteiger partial charge in [-0.05, 0) is 29.8 Å². The van der Waals surface area contributed by atoms with E-state index in [1.54, 1.807) is 25.5 Å². The van der Waals surface area contributed by atoms with Crippen molar-refractivity contribution in [3.63, 3.8) is 0 Å². The Morgan fingerprint density at radius 1 is 1.32 bits per heavy atom. The first-order chi connectivity index (χ1) is 10.3. The van der Waals surface area contributed by atoms with Crippen molar-refractivity contribution in [2.75, 3.05) is 13.3 Å². The summed E-state index contributed by atoms with van der Waals surface area (Å²) in [4.78, 5) is 17.8. The Bertz CT molecular complexity index is 792. The van der Waals surface area contributed by atoms with E-state index >= 15 is 0 Å². The van der Waals surface area contributed by atoms with Gasteiger partial charge in [0.2, 0.25) is 0 Å². The molecule has 5 nitrogen and oxygen atoms in total. The zero-order chi connectivity index (χ0) is 16.3. The van der Waals surface area contributed by atoms with Gasteiger partial charge >= 0.3 is 0 Å². The van der Waals surface area contributed by atoms with Gasteiger partial charge in [0.1, 0.15) is 0 Å². The molecule has 2 rings (SSSR count). The van der Waals surface area contributed by atoms with E-state index in [4.69, 9.17) is 11.6 Å². The SMILES string of the molecule is CN(Cc1cccnc1)C(=O)c1ccc(Cl)c(S(C)(=O)=O)c1. The summed E-state index contributed by atoms with van der Waals surface area (Å²) in [6.07, 6.45) is 4.39. The molecule has 0 saturated heterocycles. The lowest BCUT2D eigenvalue weighted by Crippen LogP contribution is -2.26. The molecule has 1 heterocycles. The molecule has 0 aliphatic carbocycles. The number of halogens is 1. The molecule has 1 aromatic carbocycles. The quantitative estimate of drug-likeness (QED) is 0.858. The predicted molar refractivity (Wildman–Crippen MR) is 84.6 cm³/mol. The van der Waals surface area contributed by atoms with Crippen LogP contribution in [0, 0.1) is 0 Å². The van der Waals surface area contributed by atoms with Crippen LogP contribution in [0.4, 0.5) is 0 Å². The van der Waals surface area contributed by atoms with Crippen LogP contribution in [0.15, 0.2) is 47.6 Å². The molecule has 0 spiro atoms. The Morgan fingerprint density at radius 3 is 2.64 bits per heavy atom. The number of sulfone groups is 1. The second-order valence-electron chi connectivity index (χ2n) is 4.94. The highest BCUT2D eigenvalue weighted by Gasteiger charge is 2.18. The number of hydrogen-bond acceptors (Lipinski definition) is 4. The van der Waals surface area contributed by atoms with Gasteiger partial charge in [-0.3, -0.25) is 9.78 Å². The number of nitrogens with zero attached hydrogens (tertiary/aromatic N) is 2. The van der Waals surface area contributed by atoms with E-state index in [1.807, 2.05) is 6.07 Å². The smallest absolute Gasteiger partial charge is 0.253 e. The third-order valence-electron chi connectivity index (χ3n) is 3.07. The van der Waals surface area contributed by atoms with E-state index in [-0.39, 0.29) is 21.4 Å². The van der Waals surface area contributed by atoms with Crippen LogP contribution in [0.2, 0.25) is 5.02 Å². The van der Waals surface area contributed by atoms with Crippen molar-refractivity contribution in [2.45, 2.75) is 11.4 Å². The number of aromatic nitrogens is 1. The molecule has 0 N–H and O–H groups in total. The normalized spacial score (nSPS) is 11.2. The van der Waals surface area contributed by atoms with Crippen molar-refractivity contribution in [3.05, 3.63) is 58.9 Å². The molecule has 0 aliphatic rings. The van der Waals surface area contributed by atoms with Crippen LogP contribution < -0.4 is 0 Å². The number of rotatable bonds is 4. The van der Waals surface area contributed by atoms with E-state index < -0.39 is 9.84 Å². The maximum absolute atomic E-state index is 12.4. The van der Waals surface area contributed by atoms with Crippen LogP contribution in [0.25, 0.3) is 0 Å². The minimum Gasteiger partial charge on any atom is -0.337 e. The highest BCUT2D eigenvalue weighted by atomic mass is 35.5. The lowest BCUT2D eigenvalue weighted by Gasteiger charge is -2.17. The number of hydrogen-bond donors (Lipinski definition) is 0. The number of amides is 1. The summed E-state index contributed by atoms with van der Waals surface area (Å²) in [5, 5.41) is 0.106. The first-order valence-electron chi connectivity index (χ1n) is 6.43. The fourth-order valence-electron chi connectivity index (χ4n) is 1.98. The van der Waals surface area contributed by atoms with E-state index in [2.05, 4.69) is 4.98 Å². The van der Waals surface area contributed by atoms with Crippen molar-refractivity contribution in [1.82, 2.24) is 9.88 Å². The zero-order valence-electron chi connectivity index (χ0n) is 12.2. The average molecular weight is 339 g/mol. The molecule has 0 radical (unpaired) electrons. The van der Waals surface area contributed by atoms with E-state index in [0.29, 0.717) is 6.54 Å². The van der Waals surface area contributed by atoms with E-state index in [0.717, 1.165) is 11.8 Å².